The molecular formula is C12H12ClF2NO2. The van der Waals surface area contributed by atoms with E-state index in [0.29, 0.717) is 5.69 Å². The number of ether oxygens (including phenoxy) is 1. The maximum absolute atomic E-state index is 12.1. The Labute approximate surface area is 108 Å². The first-order chi connectivity index (χ1) is 8.49. The van der Waals surface area contributed by atoms with Gasteiger partial charge in [-0.15, -0.1) is 0 Å². The Morgan fingerprint density at radius 1 is 1.50 bits per heavy atom. The van der Waals surface area contributed by atoms with Crippen molar-refractivity contribution in [2.45, 2.75) is 19.5 Å². The van der Waals surface area contributed by atoms with Gasteiger partial charge in [0.05, 0.1) is 5.02 Å². The van der Waals surface area contributed by atoms with Gasteiger partial charge in [0.2, 0.25) is 5.91 Å². The van der Waals surface area contributed by atoms with Gasteiger partial charge in [-0.2, -0.15) is 8.78 Å². The Balaban J connectivity index is 2.14. The molecular weight excluding hydrogens is 264 g/mol. The fourth-order valence-corrected chi connectivity index (χ4v) is 1.84. The van der Waals surface area contributed by atoms with Gasteiger partial charge in [0.15, 0.2) is 0 Å². The van der Waals surface area contributed by atoms with Crippen LogP contribution < -0.4 is 9.64 Å². The van der Waals surface area contributed by atoms with Crippen LogP contribution in [0.15, 0.2) is 18.2 Å². The van der Waals surface area contributed by atoms with Crippen LogP contribution >= 0.6 is 11.6 Å². The summed E-state index contributed by atoms with van der Waals surface area (Å²) in [5.41, 5.74) is 0.568. The molecule has 0 heterocycles. The van der Waals surface area contributed by atoms with Crippen molar-refractivity contribution in [2.24, 2.45) is 5.92 Å². The van der Waals surface area contributed by atoms with Crippen molar-refractivity contribution in [3.05, 3.63) is 23.2 Å². The molecule has 2 rings (SSSR count). The normalized spacial score (nSPS) is 14.7. The van der Waals surface area contributed by atoms with E-state index in [9.17, 15) is 13.6 Å². The SMILES string of the molecule is CN(C(=O)C1CC1)c1ccc(OC(F)F)c(Cl)c1. The molecule has 1 aliphatic carbocycles. The van der Waals surface area contributed by atoms with E-state index in [1.807, 2.05) is 0 Å². The lowest BCUT2D eigenvalue weighted by Crippen LogP contribution is -2.27. The van der Waals surface area contributed by atoms with Gasteiger partial charge in [-0.05, 0) is 31.0 Å². The highest BCUT2D eigenvalue weighted by molar-refractivity contribution is 6.32. The predicted molar refractivity (Wildman–Crippen MR) is 64.2 cm³/mol. The summed E-state index contributed by atoms with van der Waals surface area (Å²) in [5.74, 6) is 0.0158. The predicted octanol–water partition coefficient (Wildman–Crippen LogP) is 3.31. The van der Waals surface area contributed by atoms with Crippen LogP contribution in [-0.2, 0) is 4.79 Å². The zero-order valence-electron chi connectivity index (χ0n) is 9.70. The molecule has 1 aliphatic rings. The number of rotatable bonds is 4. The molecule has 1 aromatic rings. The molecule has 0 aromatic heterocycles. The second-order valence-electron chi connectivity index (χ2n) is 4.16. The highest BCUT2D eigenvalue weighted by Crippen LogP contribution is 2.34. The Morgan fingerprint density at radius 3 is 2.67 bits per heavy atom. The van der Waals surface area contributed by atoms with Crippen molar-refractivity contribution in [1.82, 2.24) is 0 Å². The van der Waals surface area contributed by atoms with Crippen molar-refractivity contribution in [3.8, 4) is 5.75 Å². The molecule has 0 radical (unpaired) electrons. The number of anilines is 1. The highest BCUT2D eigenvalue weighted by Gasteiger charge is 2.32. The van der Waals surface area contributed by atoms with Crippen molar-refractivity contribution in [2.75, 3.05) is 11.9 Å². The second-order valence-corrected chi connectivity index (χ2v) is 4.57. The smallest absolute Gasteiger partial charge is 0.387 e. The van der Waals surface area contributed by atoms with Crippen molar-refractivity contribution in [3.63, 3.8) is 0 Å². The van der Waals surface area contributed by atoms with Crippen molar-refractivity contribution >= 4 is 23.2 Å². The first kappa shape index (κ1) is 13.1. The molecule has 98 valence electrons. The van der Waals surface area contributed by atoms with Gasteiger partial charge in [0, 0.05) is 18.7 Å². The van der Waals surface area contributed by atoms with E-state index in [2.05, 4.69) is 4.74 Å². The van der Waals surface area contributed by atoms with Gasteiger partial charge >= 0.3 is 6.61 Å². The minimum atomic E-state index is -2.92. The Kier molecular flexibility index (Phi) is 3.71. The van der Waals surface area contributed by atoms with E-state index < -0.39 is 6.61 Å². The summed E-state index contributed by atoms with van der Waals surface area (Å²) < 4.78 is 28.3. The summed E-state index contributed by atoms with van der Waals surface area (Å²) in [6.45, 7) is -2.92. The molecule has 1 fully saturated rings. The minimum absolute atomic E-state index is 0.0218. The van der Waals surface area contributed by atoms with Crippen LogP contribution in [0.3, 0.4) is 0 Å². The first-order valence-corrected chi connectivity index (χ1v) is 5.88. The topological polar surface area (TPSA) is 29.5 Å². The van der Waals surface area contributed by atoms with E-state index in [1.165, 1.54) is 23.1 Å². The van der Waals surface area contributed by atoms with E-state index in [1.54, 1.807) is 7.05 Å². The van der Waals surface area contributed by atoms with Gasteiger partial charge < -0.3 is 9.64 Å². The lowest BCUT2D eigenvalue weighted by Gasteiger charge is -2.18. The largest absolute Gasteiger partial charge is 0.433 e. The molecule has 1 amide bonds. The monoisotopic (exact) mass is 275 g/mol. The number of hydrogen-bond donors (Lipinski definition) is 0. The summed E-state index contributed by atoms with van der Waals surface area (Å²) in [6.07, 6.45) is 1.81. The molecule has 0 spiro atoms. The van der Waals surface area contributed by atoms with Crippen molar-refractivity contribution in [1.29, 1.82) is 0 Å². The fourth-order valence-electron chi connectivity index (χ4n) is 1.62. The average molecular weight is 276 g/mol. The molecule has 0 aliphatic heterocycles. The van der Waals surface area contributed by atoms with Crippen LogP contribution in [0.25, 0.3) is 0 Å². The first-order valence-electron chi connectivity index (χ1n) is 5.51. The molecule has 0 bridgehead atoms. The highest BCUT2D eigenvalue weighted by atomic mass is 35.5. The van der Waals surface area contributed by atoms with Crippen LogP contribution in [0.1, 0.15) is 12.8 Å². The van der Waals surface area contributed by atoms with Crippen LogP contribution in [0.2, 0.25) is 5.02 Å². The summed E-state index contributed by atoms with van der Waals surface area (Å²) in [7, 11) is 1.64. The summed E-state index contributed by atoms with van der Waals surface area (Å²) in [6, 6.07) is 4.31. The van der Waals surface area contributed by atoms with Crippen LogP contribution in [0.5, 0.6) is 5.75 Å². The number of alkyl halides is 2. The average Bonchev–Trinajstić information content (AvgIpc) is 3.13. The summed E-state index contributed by atoms with van der Waals surface area (Å²) in [4.78, 5) is 13.3. The molecule has 0 N–H and O–H groups in total. The third-order valence-corrected chi connectivity index (χ3v) is 3.07. The zero-order chi connectivity index (χ0) is 13.3. The Morgan fingerprint density at radius 2 is 2.17 bits per heavy atom. The summed E-state index contributed by atoms with van der Waals surface area (Å²) >= 11 is 5.82. The molecule has 0 saturated heterocycles. The molecule has 3 nitrogen and oxygen atoms in total. The summed E-state index contributed by atoms with van der Waals surface area (Å²) in [5, 5.41) is 0.0586. The van der Waals surface area contributed by atoms with Gasteiger partial charge in [-0.1, -0.05) is 11.6 Å². The van der Waals surface area contributed by atoms with Crippen LogP contribution in [-0.4, -0.2) is 19.6 Å². The van der Waals surface area contributed by atoms with E-state index in [4.69, 9.17) is 11.6 Å². The van der Waals surface area contributed by atoms with Gasteiger partial charge in [0.25, 0.3) is 0 Å². The zero-order valence-corrected chi connectivity index (χ0v) is 10.5. The van der Waals surface area contributed by atoms with Crippen LogP contribution in [0, 0.1) is 5.92 Å². The quantitative estimate of drug-likeness (QED) is 0.844. The molecule has 0 unspecified atom stereocenters. The number of carbonyl (C=O) groups excluding carboxylic acids is 1. The second kappa shape index (κ2) is 5.10. The standard InChI is InChI=1S/C12H12ClF2NO2/c1-16(11(17)7-2-3-7)8-4-5-10(9(13)6-8)18-12(14)15/h4-7,12H,2-3H2,1H3. The third kappa shape index (κ3) is 2.90. The van der Waals surface area contributed by atoms with Gasteiger partial charge in [-0.3, -0.25) is 4.79 Å². The number of benzene rings is 1. The third-order valence-electron chi connectivity index (χ3n) is 2.78. The lowest BCUT2D eigenvalue weighted by atomic mass is 10.2. The number of hydrogen-bond acceptors (Lipinski definition) is 2. The molecule has 1 aromatic carbocycles. The Hall–Kier alpha value is -1.36. The Bertz CT molecular complexity index is 463. The van der Waals surface area contributed by atoms with E-state index in [-0.39, 0.29) is 22.6 Å². The number of nitrogens with zero attached hydrogens (tertiary/aromatic N) is 1. The number of carbonyl (C=O) groups is 1. The lowest BCUT2D eigenvalue weighted by molar-refractivity contribution is -0.119. The fraction of sp³-hybridized carbons (Fsp3) is 0.417. The van der Waals surface area contributed by atoms with E-state index >= 15 is 0 Å². The number of amides is 1. The number of halogens is 3. The maximum atomic E-state index is 12.1. The van der Waals surface area contributed by atoms with E-state index in [0.717, 1.165) is 12.8 Å². The van der Waals surface area contributed by atoms with Gasteiger partial charge in [-0.25, -0.2) is 0 Å². The maximum Gasteiger partial charge on any atom is 0.387 e. The van der Waals surface area contributed by atoms with Crippen molar-refractivity contribution < 1.29 is 18.3 Å². The molecule has 6 heteroatoms. The minimum Gasteiger partial charge on any atom is -0.433 e. The van der Waals surface area contributed by atoms with Gasteiger partial charge in [0.1, 0.15) is 5.75 Å². The molecule has 0 atom stereocenters. The molecule has 1 saturated carbocycles. The molecule has 18 heavy (non-hydrogen) atoms. The van der Waals surface area contributed by atoms with Crippen LogP contribution in [0.4, 0.5) is 14.5 Å².